The molecule has 1 aliphatic rings. The molecule has 6 nitrogen and oxygen atoms in total. The van der Waals surface area contributed by atoms with Gasteiger partial charge < -0.3 is 15.0 Å². The minimum Gasteiger partial charge on any atom is -0.377 e. The van der Waals surface area contributed by atoms with Crippen molar-refractivity contribution in [3.05, 3.63) is 29.8 Å². The number of nitrogens with zero attached hydrogens (tertiary/aromatic N) is 2. The summed E-state index contributed by atoms with van der Waals surface area (Å²) in [5.74, 6) is -1.73. The molecule has 19 heavy (non-hydrogen) atoms. The SMILES string of the molecule is CNC(=O)C1COCCN1C(=O)c1cccnc1F. The van der Waals surface area contributed by atoms with E-state index in [0.717, 1.165) is 0 Å². The van der Waals surface area contributed by atoms with Crippen LogP contribution >= 0.6 is 0 Å². The van der Waals surface area contributed by atoms with E-state index in [2.05, 4.69) is 10.3 Å². The van der Waals surface area contributed by atoms with Gasteiger partial charge in [0.15, 0.2) is 0 Å². The fourth-order valence-corrected chi connectivity index (χ4v) is 1.93. The summed E-state index contributed by atoms with van der Waals surface area (Å²) in [6.07, 6.45) is 1.27. The number of ether oxygens (including phenoxy) is 1. The van der Waals surface area contributed by atoms with Crippen molar-refractivity contribution in [1.82, 2.24) is 15.2 Å². The van der Waals surface area contributed by atoms with Crippen molar-refractivity contribution in [3.63, 3.8) is 0 Å². The lowest BCUT2D eigenvalue weighted by atomic mass is 10.1. The molecule has 2 amide bonds. The van der Waals surface area contributed by atoms with E-state index in [-0.39, 0.29) is 24.6 Å². The molecule has 1 fully saturated rings. The van der Waals surface area contributed by atoms with Crippen molar-refractivity contribution in [2.75, 3.05) is 26.8 Å². The lowest BCUT2D eigenvalue weighted by Crippen LogP contribution is -2.55. The standard InChI is InChI=1S/C12H14FN3O3/c1-14-11(17)9-7-19-6-5-16(9)12(18)8-3-2-4-15-10(8)13/h2-4,9H,5-7H2,1H3,(H,14,17). The largest absolute Gasteiger partial charge is 0.377 e. The van der Waals surface area contributed by atoms with Crippen LogP contribution in [0.2, 0.25) is 0 Å². The first kappa shape index (κ1) is 13.4. The van der Waals surface area contributed by atoms with E-state index < -0.39 is 17.9 Å². The molecule has 0 bridgehead atoms. The summed E-state index contributed by atoms with van der Waals surface area (Å²) in [5, 5.41) is 2.46. The van der Waals surface area contributed by atoms with Crippen molar-refractivity contribution < 1.29 is 18.7 Å². The molecule has 0 aromatic carbocycles. The number of nitrogens with one attached hydrogen (secondary N) is 1. The Hall–Kier alpha value is -2.02. The van der Waals surface area contributed by atoms with Gasteiger partial charge in [-0.05, 0) is 12.1 Å². The fourth-order valence-electron chi connectivity index (χ4n) is 1.93. The van der Waals surface area contributed by atoms with Crippen molar-refractivity contribution in [1.29, 1.82) is 0 Å². The van der Waals surface area contributed by atoms with E-state index in [0.29, 0.717) is 6.61 Å². The van der Waals surface area contributed by atoms with Crippen LogP contribution in [0.5, 0.6) is 0 Å². The summed E-state index contributed by atoms with van der Waals surface area (Å²) in [7, 11) is 1.48. The molecule has 0 saturated carbocycles. The van der Waals surface area contributed by atoms with Crippen LogP contribution < -0.4 is 5.32 Å². The van der Waals surface area contributed by atoms with E-state index >= 15 is 0 Å². The lowest BCUT2D eigenvalue weighted by molar-refractivity contribution is -0.130. The van der Waals surface area contributed by atoms with E-state index in [1.807, 2.05) is 0 Å². The van der Waals surface area contributed by atoms with Crippen LogP contribution in [0.3, 0.4) is 0 Å². The minimum absolute atomic E-state index is 0.104. The highest BCUT2D eigenvalue weighted by Gasteiger charge is 2.33. The molecular formula is C12H14FN3O3. The highest BCUT2D eigenvalue weighted by Crippen LogP contribution is 2.14. The molecule has 1 saturated heterocycles. The van der Waals surface area contributed by atoms with Gasteiger partial charge in [0.2, 0.25) is 11.9 Å². The number of morpholine rings is 1. The zero-order valence-electron chi connectivity index (χ0n) is 10.4. The van der Waals surface area contributed by atoms with Crippen LogP contribution in [-0.2, 0) is 9.53 Å². The maximum atomic E-state index is 13.5. The Morgan fingerprint density at radius 2 is 2.37 bits per heavy atom. The van der Waals surface area contributed by atoms with Gasteiger partial charge in [0.1, 0.15) is 6.04 Å². The van der Waals surface area contributed by atoms with Gasteiger partial charge >= 0.3 is 0 Å². The molecule has 7 heteroatoms. The molecule has 1 unspecified atom stereocenters. The summed E-state index contributed by atoms with van der Waals surface area (Å²) in [6, 6.07) is 2.08. The number of halogens is 1. The first-order valence-electron chi connectivity index (χ1n) is 5.86. The third-order valence-electron chi connectivity index (χ3n) is 2.93. The van der Waals surface area contributed by atoms with Crippen molar-refractivity contribution in [2.45, 2.75) is 6.04 Å². The van der Waals surface area contributed by atoms with Gasteiger partial charge in [-0.1, -0.05) is 0 Å². The maximum Gasteiger partial charge on any atom is 0.259 e. The molecule has 1 aliphatic heterocycles. The van der Waals surface area contributed by atoms with Gasteiger partial charge in [-0.3, -0.25) is 9.59 Å². The topological polar surface area (TPSA) is 71.5 Å². The quantitative estimate of drug-likeness (QED) is 0.754. The highest BCUT2D eigenvalue weighted by atomic mass is 19.1. The number of carbonyl (C=O) groups is 2. The Kier molecular flexibility index (Phi) is 4.06. The molecule has 1 N–H and O–H groups in total. The molecule has 1 aromatic heterocycles. The molecule has 2 heterocycles. The zero-order chi connectivity index (χ0) is 13.8. The van der Waals surface area contributed by atoms with Gasteiger partial charge in [-0.25, -0.2) is 4.98 Å². The smallest absolute Gasteiger partial charge is 0.259 e. The van der Waals surface area contributed by atoms with Crippen LogP contribution in [0.4, 0.5) is 4.39 Å². The second kappa shape index (κ2) is 5.75. The number of hydrogen-bond acceptors (Lipinski definition) is 4. The summed E-state index contributed by atoms with van der Waals surface area (Å²) >= 11 is 0. The summed E-state index contributed by atoms with van der Waals surface area (Å²) in [6.45, 7) is 0.666. The van der Waals surface area contributed by atoms with Crippen molar-refractivity contribution in [2.24, 2.45) is 0 Å². The number of amides is 2. The summed E-state index contributed by atoms with van der Waals surface area (Å²) in [5.41, 5.74) is -0.140. The second-order valence-corrected chi connectivity index (χ2v) is 4.05. The van der Waals surface area contributed by atoms with Crippen LogP contribution in [0.15, 0.2) is 18.3 Å². The number of pyridine rings is 1. The minimum atomic E-state index is -0.838. The molecule has 2 rings (SSSR count). The predicted octanol–water partition coefficient (Wildman–Crippen LogP) is -0.192. The normalized spacial score (nSPS) is 19.1. The first-order valence-corrected chi connectivity index (χ1v) is 5.86. The van der Waals surface area contributed by atoms with Crippen LogP contribution in [-0.4, -0.2) is 54.5 Å². The Morgan fingerprint density at radius 1 is 1.58 bits per heavy atom. The monoisotopic (exact) mass is 267 g/mol. The Balaban J connectivity index is 2.25. The average Bonchev–Trinajstić information content (AvgIpc) is 2.46. The van der Waals surface area contributed by atoms with E-state index in [1.54, 1.807) is 0 Å². The molecule has 0 aliphatic carbocycles. The second-order valence-electron chi connectivity index (χ2n) is 4.05. The number of rotatable bonds is 2. The van der Waals surface area contributed by atoms with Gasteiger partial charge in [0.25, 0.3) is 5.91 Å². The Labute approximate surface area is 109 Å². The average molecular weight is 267 g/mol. The van der Waals surface area contributed by atoms with Gasteiger partial charge in [-0.15, -0.1) is 0 Å². The third-order valence-corrected chi connectivity index (χ3v) is 2.93. The number of aromatic nitrogens is 1. The number of carbonyl (C=O) groups excluding carboxylic acids is 2. The maximum absolute atomic E-state index is 13.5. The molecule has 0 spiro atoms. The Bertz CT molecular complexity index is 495. The summed E-state index contributed by atoms with van der Waals surface area (Å²) < 4.78 is 18.7. The van der Waals surface area contributed by atoms with Crippen LogP contribution in [0, 0.1) is 5.95 Å². The van der Waals surface area contributed by atoms with Gasteiger partial charge in [-0.2, -0.15) is 4.39 Å². The number of likely N-dealkylation sites (N-methyl/N-ethyl adjacent to an activating group) is 1. The Morgan fingerprint density at radius 3 is 3.05 bits per heavy atom. The predicted molar refractivity (Wildman–Crippen MR) is 63.9 cm³/mol. The fraction of sp³-hybridized carbons (Fsp3) is 0.417. The molecule has 1 aromatic rings. The van der Waals surface area contributed by atoms with E-state index in [9.17, 15) is 14.0 Å². The first-order chi connectivity index (χ1) is 9.15. The highest BCUT2D eigenvalue weighted by molar-refractivity contribution is 5.97. The van der Waals surface area contributed by atoms with E-state index in [4.69, 9.17) is 4.74 Å². The van der Waals surface area contributed by atoms with Gasteiger partial charge in [0, 0.05) is 19.8 Å². The van der Waals surface area contributed by atoms with Gasteiger partial charge in [0.05, 0.1) is 18.8 Å². The molecular weight excluding hydrogens is 253 g/mol. The van der Waals surface area contributed by atoms with Crippen LogP contribution in [0.25, 0.3) is 0 Å². The van der Waals surface area contributed by atoms with Crippen molar-refractivity contribution in [3.8, 4) is 0 Å². The molecule has 0 radical (unpaired) electrons. The zero-order valence-corrected chi connectivity index (χ0v) is 10.4. The molecule has 102 valence electrons. The summed E-state index contributed by atoms with van der Waals surface area (Å²) in [4.78, 5) is 28.7. The van der Waals surface area contributed by atoms with E-state index in [1.165, 1.54) is 30.3 Å². The van der Waals surface area contributed by atoms with Crippen molar-refractivity contribution >= 4 is 11.8 Å². The number of hydrogen-bond donors (Lipinski definition) is 1. The lowest BCUT2D eigenvalue weighted by Gasteiger charge is -2.34. The molecule has 1 atom stereocenters. The third kappa shape index (κ3) is 2.70. The van der Waals surface area contributed by atoms with Crippen LogP contribution in [0.1, 0.15) is 10.4 Å².